The summed E-state index contributed by atoms with van der Waals surface area (Å²) in [6.45, 7) is 3.87. The molecule has 0 aliphatic heterocycles. The van der Waals surface area contributed by atoms with Crippen LogP contribution in [0.1, 0.15) is 24.0 Å². The normalized spacial score (nSPS) is 11.3. The van der Waals surface area contributed by atoms with Crippen molar-refractivity contribution in [3.05, 3.63) is 90.0 Å². The van der Waals surface area contributed by atoms with Gasteiger partial charge in [0.15, 0.2) is 5.13 Å². The van der Waals surface area contributed by atoms with Crippen molar-refractivity contribution in [2.45, 2.75) is 12.8 Å². The van der Waals surface area contributed by atoms with Gasteiger partial charge in [-0.25, -0.2) is 4.98 Å². The van der Waals surface area contributed by atoms with E-state index in [4.69, 9.17) is 9.72 Å². The average molecular weight is 460 g/mol. The van der Waals surface area contributed by atoms with E-state index in [1.54, 1.807) is 0 Å². The molecule has 3 aromatic carbocycles. The van der Waals surface area contributed by atoms with Crippen molar-refractivity contribution in [2.24, 2.45) is 0 Å². The summed E-state index contributed by atoms with van der Waals surface area (Å²) in [5.41, 5.74) is 2.82. The lowest BCUT2D eigenvalue weighted by Crippen LogP contribution is -2.40. The Hall–Kier alpha value is -3.22. The van der Waals surface area contributed by atoms with Crippen LogP contribution in [0.4, 0.5) is 5.13 Å². The third-order valence-electron chi connectivity index (χ3n) is 5.44. The molecule has 0 saturated heterocycles. The fourth-order valence-corrected chi connectivity index (χ4v) is 4.81. The van der Waals surface area contributed by atoms with Gasteiger partial charge in [0, 0.05) is 13.1 Å². The Morgan fingerprint density at radius 2 is 1.58 bits per heavy atom. The third kappa shape index (κ3) is 5.41. The van der Waals surface area contributed by atoms with Crippen molar-refractivity contribution in [1.29, 1.82) is 0 Å². The van der Waals surface area contributed by atoms with Crippen LogP contribution in [0.25, 0.3) is 10.2 Å². The number of carbonyl (C=O) groups is 1. The fourth-order valence-electron chi connectivity index (χ4n) is 3.79. The largest absolute Gasteiger partial charge is 0.494 e. The van der Waals surface area contributed by atoms with E-state index in [0.29, 0.717) is 18.3 Å². The molecule has 0 aliphatic rings. The minimum absolute atomic E-state index is 0.0262. The molecule has 0 bridgehead atoms. The second kappa shape index (κ2) is 10.6. The van der Waals surface area contributed by atoms with E-state index in [2.05, 4.69) is 4.90 Å². The van der Waals surface area contributed by atoms with E-state index in [0.717, 1.165) is 33.6 Å². The maximum absolute atomic E-state index is 14.2. The molecule has 0 fully saturated rings. The quantitative estimate of drug-likeness (QED) is 0.335. The number of ether oxygens (including phenoxy) is 1. The molecule has 0 spiro atoms. The number of carbonyl (C=O) groups excluding carboxylic acids is 1. The Bertz CT molecular complexity index is 1150. The molecule has 6 heteroatoms. The zero-order valence-electron chi connectivity index (χ0n) is 19.3. The predicted molar refractivity (Wildman–Crippen MR) is 136 cm³/mol. The number of hydrogen-bond donors (Lipinski definition) is 0. The molecule has 0 unspecified atom stereocenters. The molecule has 5 nitrogen and oxygen atoms in total. The molecule has 0 saturated carbocycles. The van der Waals surface area contributed by atoms with Crippen molar-refractivity contribution in [3.8, 4) is 5.75 Å². The summed E-state index contributed by atoms with van der Waals surface area (Å²) in [7, 11) is 4.03. The van der Waals surface area contributed by atoms with Gasteiger partial charge >= 0.3 is 0 Å². The SMILES string of the molecule is CCOc1ccc2nc(N(CCN(C)C)C(=O)C(c3ccccc3)c3ccccc3)sc2c1. The van der Waals surface area contributed by atoms with Crippen molar-refractivity contribution in [1.82, 2.24) is 9.88 Å². The minimum Gasteiger partial charge on any atom is -0.494 e. The van der Waals surface area contributed by atoms with Gasteiger partial charge in [-0.15, -0.1) is 0 Å². The van der Waals surface area contributed by atoms with Crippen LogP contribution >= 0.6 is 11.3 Å². The van der Waals surface area contributed by atoms with Gasteiger partial charge in [0.1, 0.15) is 5.75 Å². The van der Waals surface area contributed by atoms with Gasteiger partial charge in [-0.3, -0.25) is 9.69 Å². The first-order valence-electron chi connectivity index (χ1n) is 11.2. The number of nitrogens with zero attached hydrogens (tertiary/aromatic N) is 3. The summed E-state index contributed by atoms with van der Waals surface area (Å²) in [5, 5.41) is 0.711. The molecule has 1 aromatic heterocycles. The van der Waals surface area contributed by atoms with E-state index >= 15 is 0 Å². The smallest absolute Gasteiger partial charge is 0.240 e. The molecule has 0 N–H and O–H groups in total. The lowest BCUT2D eigenvalue weighted by molar-refractivity contribution is -0.119. The highest BCUT2D eigenvalue weighted by Gasteiger charge is 2.30. The Morgan fingerprint density at radius 3 is 2.15 bits per heavy atom. The van der Waals surface area contributed by atoms with Crippen molar-refractivity contribution >= 4 is 32.6 Å². The van der Waals surface area contributed by atoms with E-state index in [9.17, 15) is 4.79 Å². The van der Waals surface area contributed by atoms with Crippen LogP contribution in [0.5, 0.6) is 5.75 Å². The minimum atomic E-state index is -0.402. The van der Waals surface area contributed by atoms with Gasteiger partial charge < -0.3 is 9.64 Å². The number of anilines is 1. The topological polar surface area (TPSA) is 45.7 Å². The first-order chi connectivity index (χ1) is 16.1. The summed E-state index contributed by atoms with van der Waals surface area (Å²) in [6, 6.07) is 25.8. The first kappa shape index (κ1) is 23.0. The number of benzene rings is 3. The summed E-state index contributed by atoms with van der Waals surface area (Å²) in [4.78, 5) is 22.9. The third-order valence-corrected chi connectivity index (χ3v) is 6.48. The van der Waals surface area contributed by atoms with Crippen molar-refractivity contribution in [2.75, 3.05) is 38.7 Å². The monoisotopic (exact) mass is 459 g/mol. The number of rotatable bonds is 9. The summed E-state index contributed by atoms with van der Waals surface area (Å²) >= 11 is 1.53. The molecule has 0 radical (unpaired) electrons. The Balaban J connectivity index is 1.76. The number of likely N-dealkylation sites (N-methyl/N-ethyl adjacent to an activating group) is 1. The second-order valence-electron chi connectivity index (χ2n) is 8.11. The van der Waals surface area contributed by atoms with Gasteiger partial charge in [0.05, 0.1) is 22.7 Å². The van der Waals surface area contributed by atoms with Crippen molar-refractivity contribution < 1.29 is 9.53 Å². The number of fused-ring (bicyclic) bond motifs is 1. The van der Waals surface area contributed by atoms with Gasteiger partial charge in [-0.05, 0) is 50.3 Å². The lowest BCUT2D eigenvalue weighted by Gasteiger charge is -2.27. The van der Waals surface area contributed by atoms with Crippen LogP contribution in [-0.2, 0) is 4.79 Å². The number of hydrogen-bond acceptors (Lipinski definition) is 5. The van der Waals surface area contributed by atoms with Crippen molar-refractivity contribution in [3.63, 3.8) is 0 Å². The Kier molecular flexibility index (Phi) is 7.37. The average Bonchev–Trinajstić information content (AvgIpc) is 3.24. The fraction of sp³-hybridized carbons (Fsp3) is 0.259. The summed E-state index contributed by atoms with van der Waals surface area (Å²) < 4.78 is 6.66. The van der Waals surface area contributed by atoms with Crippen LogP contribution in [0.3, 0.4) is 0 Å². The molecule has 33 heavy (non-hydrogen) atoms. The highest BCUT2D eigenvalue weighted by Crippen LogP contribution is 2.35. The van der Waals surface area contributed by atoms with E-state index in [1.807, 2.05) is 105 Å². The molecular weight excluding hydrogens is 430 g/mol. The zero-order chi connectivity index (χ0) is 23.2. The van der Waals surface area contributed by atoms with Crippen LogP contribution < -0.4 is 9.64 Å². The van der Waals surface area contributed by atoms with E-state index < -0.39 is 5.92 Å². The maximum atomic E-state index is 14.2. The maximum Gasteiger partial charge on any atom is 0.240 e. The number of amides is 1. The Labute approximate surface area is 199 Å². The molecule has 1 amide bonds. The van der Waals surface area contributed by atoms with Crippen LogP contribution in [0.2, 0.25) is 0 Å². The molecular formula is C27H29N3O2S. The molecule has 4 rings (SSSR count). The number of aromatic nitrogens is 1. The Morgan fingerprint density at radius 1 is 0.939 bits per heavy atom. The van der Waals surface area contributed by atoms with Crippen LogP contribution in [-0.4, -0.2) is 49.6 Å². The van der Waals surface area contributed by atoms with Gasteiger partial charge in [-0.2, -0.15) is 0 Å². The van der Waals surface area contributed by atoms with Gasteiger partial charge in [-0.1, -0.05) is 72.0 Å². The predicted octanol–water partition coefficient (Wildman–Crippen LogP) is 5.42. The second-order valence-corrected chi connectivity index (χ2v) is 9.12. The van der Waals surface area contributed by atoms with Crippen LogP contribution in [0.15, 0.2) is 78.9 Å². The molecule has 1 heterocycles. The summed E-state index contributed by atoms with van der Waals surface area (Å²) in [6.07, 6.45) is 0. The van der Waals surface area contributed by atoms with Gasteiger partial charge in [0.25, 0.3) is 0 Å². The molecule has 0 atom stereocenters. The first-order valence-corrected chi connectivity index (χ1v) is 12.0. The van der Waals surface area contributed by atoms with Crippen LogP contribution in [0, 0.1) is 0 Å². The van der Waals surface area contributed by atoms with E-state index in [1.165, 1.54) is 11.3 Å². The van der Waals surface area contributed by atoms with Gasteiger partial charge in [0.2, 0.25) is 5.91 Å². The standard InChI is InChI=1S/C27H29N3O2S/c1-4-32-22-15-16-23-24(19-22)33-27(28-23)30(18-17-29(2)3)26(31)25(20-11-7-5-8-12-20)21-13-9-6-10-14-21/h5-16,19,25H,4,17-18H2,1-3H3. The highest BCUT2D eigenvalue weighted by molar-refractivity contribution is 7.22. The lowest BCUT2D eigenvalue weighted by atomic mass is 9.90. The summed E-state index contributed by atoms with van der Waals surface area (Å²) in [5.74, 6) is 0.441. The number of thiazole rings is 1. The molecule has 0 aliphatic carbocycles. The molecule has 170 valence electrons. The highest BCUT2D eigenvalue weighted by atomic mass is 32.1. The molecule has 4 aromatic rings. The zero-order valence-corrected chi connectivity index (χ0v) is 20.1. The van der Waals surface area contributed by atoms with E-state index in [-0.39, 0.29) is 5.91 Å².